The van der Waals surface area contributed by atoms with Crippen molar-refractivity contribution < 1.29 is 27.3 Å². The normalized spacial score (nSPS) is 12.2. The Morgan fingerprint density at radius 1 is 1.03 bits per heavy atom. The minimum absolute atomic E-state index is 0.188. The number of hydrogen-bond donors (Lipinski definition) is 2. The van der Waals surface area contributed by atoms with E-state index in [1.807, 2.05) is 37.3 Å². The number of rotatable bonds is 10. The standard InChI is InChI=1S/C21H25NO6S/c1-2-3-9-14-28-21(24)18(15-16-10-5-4-6-11-16)22-20(23)17-12-7-8-13-19(17)29(25,26)27/h4-8,10-13,18H,2-3,9,14-15H2,1H3,(H,22,23)(H,25,26,27)/t18-/m0/s1. The molecular weight excluding hydrogens is 394 g/mol. The van der Waals surface area contributed by atoms with Crippen LogP contribution in [0.25, 0.3) is 0 Å². The Bertz CT molecular complexity index is 927. The van der Waals surface area contributed by atoms with Crippen molar-refractivity contribution in [1.29, 1.82) is 0 Å². The third kappa shape index (κ3) is 6.99. The summed E-state index contributed by atoms with van der Waals surface area (Å²) in [7, 11) is -4.59. The van der Waals surface area contributed by atoms with Crippen LogP contribution in [0.4, 0.5) is 0 Å². The lowest BCUT2D eigenvalue weighted by molar-refractivity contribution is -0.146. The van der Waals surface area contributed by atoms with Crippen molar-refractivity contribution in [2.45, 2.75) is 43.5 Å². The first-order chi connectivity index (χ1) is 13.8. The minimum Gasteiger partial charge on any atom is -0.464 e. The second kappa shape index (κ2) is 10.7. The molecule has 2 rings (SSSR count). The number of benzene rings is 2. The molecule has 0 aliphatic heterocycles. The molecule has 29 heavy (non-hydrogen) atoms. The lowest BCUT2D eigenvalue weighted by atomic mass is 10.1. The molecule has 156 valence electrons. The molecular formula is C21H25NO6S. The SMILES string of the molecule is CCCCCOC(=O)[C@H](Cc1ccccc1)NC(=O)c1ccccc1S(=O)(=O)O. The van der Waals surface area contributed by atoms with Gasteiger partial charge in [-0.15, -0.1) is 0 Å². The van der Waals surface area contributed by atoms with Gasteiger partial charge >= 0.3 is 5.97 Å². The first-order valence-electron chi connectivity index (χ1n) is 9.41. The average molecular weight is 419 g/mol. The van der Waals surface area contributed by atoms with E-state index in [0.717, 1.165) is 30.9 Å². The third-order valence-corrected chi connectivity index (χ3v) is 5.19. The number of carbonyl (C=O) groups excluding carboxylic acids is 2. The van der Waals surface area contributed by atoms with Gasteiger partial charge in [-0.3, -0.25) is 9.35 Å². The summed E-state index contributed by atoms with van der Waals surface area (Å²) in [6.07, 6.45) is 2.81. The maximum Gasteiger partial charge on any atom is 0.328 e. The molecule has 2 aromatic carbocycles. The summed E-state index contributed by atoms with van der Waals surface area (Å²) >= 11 is 0. The molecule has 1 amide bonds. The predicted octanol–water partition coefficient (Wildman–Crippen LogP) is 3.01. The zero-order valence-electron chi connectivity index (χ0n) is 16.2. The third-order valence-electron chi connectivity index (χ3n) is 4.27. The summed E-state index contributed by atoms with van der Waals surface area (Å²) in [5.74, 6) is -1.38. The van der Waals surface area contributed by atoms with Gasteiger partial charge in [0.25, 0.3) is 16.0 Å². The number of carbonyl (C=O) groups is 2. The van der Waals surface area contributed by atoms with Crippen LogP contribution in [0, 0.1) is 0 Å². The van der Waals surface area contributed by atoms with Gasteiger partial charge in [0, 0.05) is 6.42 Å². The van der Waals surface area contributed by atoms with E-state index < -0.39 is 32.9 Å². The number of hydrogen-bond acceptors (Lipinski definition) is 5. The van der Waals surface area contributed by atoms with Gasteiger partial charge in [-0.05, 0) is 24.1 Å². The van der Waals surface area contributed by atoms with Gasteiger partial charge in [0.15, 0.2) is 0 Å². The van der Waals surface area contributed by atoms with Crippen LogP contribution >= 0.6 is 0 Å². The molecule has 0 saturated heterocycles. The van der Waals surface area contributed by atoms with Gasteiger partial charge in [0.1, 0.15) is 10.9 Å². The van der Waals surface area contributed by atoms with Crippen molar-refractivity contribution in [2.24, 2.45) is 0 Å². The molecule has 2 N–H and O–H groups in total. The predicted molar refractivity (Wildman–Crippen MR) is 108 cm³/mol. The number of amides is 1. The topological polar surface area (TPSA) is 110 Å². The first kappa shape index (κ1) is 22.6. The quantitative estimate of drug-likeness (QED) is 0.348. The summed E-state index contributed by atoms with van der Waals surface area (Å²) in [5, 5.41) is 2.55. The van der Waals surface area contributed by atoms with E-state index in [-0.39, 0.29) is 18.6 Å². The summed E-state index contributed by atoms with van der Waals surface area (Å²) in [4.78, 5) is 24.7. The highest BCUT2D eigenvalue weighted by molar-refractivity contribution is 7.86. The average Bonchev–Trinajstić information content (AvgIpc) is 2.70. The minimum atomic E-state index is -4.59. The molecule has 0 unspecified atom stereocenters. The van der Waals surface area contributed by atoms with Crippen LogP contribution in [-0.4, -0.2) is 37.5 Å². The summed E-state index contributed by atoms with van der Waals surface area (Å²) in [6.45, 7) is 2.28. The van der Waals surface area contributed by atoms with Gasteiger partial charge in [0.2, 0.25) is 0 Å². The van der Waals surface area contributed by atoms with Gasteiger partial charge in [-0.25, -0.2) is 4.79 Å². The fraction of sp³-hybridized carbons (Fsp3) is 0.333. The zero-order chi connectivity index (χ0) is 21.3. The van der Waals surface area contributed by atoms with E-state index in [9.17, 15) is 22.6 Å². The van der Waals surface area contributed by atoms with Crippen LogP contribution in [0.15, 0.2) is 59.5 Å². The van der Waals surface area contributed by atoms with Crippen molar-refractivity contribution in [1.82, 2.24) is 5.32 Å². The maximum absolute atomic E-state index is 12.7. The molecule has 0 aliphatic rings. The monoisotopic (exact) mass is 419 g/mol. The Hall–Kier alpha value is -2.71. The van der Waals surface area contributed by atoms with Gasteiger partial charge in [0.05, 0.1) is 12.2 Å². The molecule has 0 aliphatic carbocycles. The van der Waals surface area contributed by atoms with Gasteiger partial charge in [-0.2, -0.15) is 8.42 Å². The molecule has 0 radical (unpaired) electrons. The summed E-state index contributed by atoms with van der Waals surface area (Å²) in [6, 6.07) is 13.4. The Morgan fingerprint density at radius 2 is 1.69 bits per heavy atom. The van der Waals surface area contributed by atoms with Crippen LogP contribution in [0.1, 0.15) is 42.1 Å². The lowest BCUT2D eigenvalue weighted by Gasteiger charge is -2.18. The lowest BCUT2D eigenvalue weighted by Crippen LogP contribution is -2.43. The number of nitrogens with one attached hydrogen (secondary N) is 1. The Labute approximate surface area is 170 Å². The van der Waals surface area contributed by atoms with Crippen molar-refractivity contribution in [2.75, 3.05) is 6.61 Å². The molecule has 1 atom stereocenters. The fourth-order valence-corrected chi connectivity index (χ4v) is 3.47. The molecule has 0 heterocycles. The van der Waals surface area contributed by atoms with Crippen molar-refractivity contribution in [3.8, 4) is 0 Å². The van der Waals surface area contributed by atoms with Crippen LogP contribution in [-0.2, 0) is 26.1 Å². The van der Waals surface area contributed by atoms with Crippen molar-refractivity contribution in [3.05, 3.63) is 65.7 Å². The van der Waals surface area contributed by atoms with Crippen LogP contribution in [0.2, 0.25) is 0 Å². The number of ether oxygens (including phenoxy) is 1. The highest BCUT2D eigenvalue weighted by Gasteiger charge is 2.26. The second-order valence-electron chi connectivity index (χ2n) is 6.56. The molecule has 0 spiro atoms. The molecule has 0 aromatic heterocycles. The molecule has 7 nitrogen and oxygen atoms in total. The Kier molecular flexibility index (Phi) is 8.35. The molecule has 8 heteroatoms. The second-order valence-corrected chi connectivity index (χ2v) is 7.95. The summed E-state index contributed by atoms with van der Waals surface area (Å²) in [5.41, 5.74) is 0.568. The van der Waals surface area contributed by atoms with Gasteiger partial charge in [-0.1, -0.05) is 62.2 Å². The molecule has 2 aromatic rings. The first-order valence-corrected chi connectivity index (χ1v) is 10.8. The van der Waals surface area contributed by atoms with Crippen molar-refractivity contribution in [3.63, 3.8) is 0 Å². The van der Waals surface area contributed by atoms with E-state index in [1.165, 1.54) is 18.2 Å². The molecule has 0 saturated carbocycles. The van der Waals surface area contributed by atoms with E-state index in [2.05, 4.69) is 5.32 Å². The highest BCUT2D eigenvalue weighted by Crippen LogP contribution is 2.16. The largest absolute Gasteiger partial charge is 0.464 e. The number of esters is 1. The van der Waals surface area contributed by atoms with Crippen LogP contribution in [0.3, 0.4) is 0 Å². The van der Waals surface area contributed by atoms with E-state index >= 15 is 0 Å². The van der Waals surface area contributed by atoms with Gasteiger partial charge < -0.3 is 10.1 Å². The van der Waals surface area contributed by atoms with Crippen molar-refractivity contribution >= 4 is 22.0 Å². The van der Waals surface area contributed by atoms with Crippen LogP contribution in [0.5, 0.6) is 0 Å². The Morgan fingerprint density at radius 3 is 2.34 bits per heavy atom. The van der Waals surface area contributed by atoms with E-state index in [0.29, 0.717) is 0 Å². The maximum atomic E-state index is 12.7. The molecule has 0 fully saturated rings. The molecule has 0 bridgehead atoms. The van der Waals surface area contributed by atoms with E-state index in [1.54, 1.807) is 0 Å². The number of unbranched alkanes of at least 4 members (excludes halogenated alkanes) is 2. The van der Waals surface area contributed by atoms with E-state index in [4.69, 9.17) is 4.74 Å². The fourth-order valence-electron chi connectivity index (χ4n) is 2.78. The zero-order valence-corrected chi connectivity index (χ0v) is 17.0. The summed E-state index contributed by atoms with van der Waals surface area (Å²) < 4.78 is 37.8. The Balaban J connectivity index is 2.20. The van der Waals surface area contributed by atoms with Crippen LogP contribution < -0.4 is 5.32 Å². The highest BCUT2D eigenvalue weighted by atomic mass is 32.2. The smallest absolute Gasteiger partial charge is 0.328 e.